The first-order chi connectivity index (χ1) is 9.00. The second-order valence-electron chi connectivity index (χ2n) is 4.27. The van der Waals surface area contributed by atoms with Crippen LogP contribution in [0.4, 0.5) is 0 Å². The van der Waals surface area contributed by atoms with E-state index in [1.165, 1.54) is 16.7 Å². The second kappa shape index (κ2) is 4.19. The molecule has 3 rings (SSSR count). The summed E-state index contributed by atoms with van der Waals surface area (Å²) in [6.45, 7) is 0.723. The van der Waals surface area contributed by atoms with Crippen molar-refractivity contribution in [3.63, 3.8) is 0 Å². The highest BCUT2D eigenvalue weighted by Crippen LogP contribution is 2.23. The quantitative estimate of drug-likeness (QED) is 0.800. The molecule has 0 atom stereocenters. The van der Waals surface area contributed by atoms with Gasteiger partial charge in [-0.3, -0.25) is 9.40 Å². The number of hydroxylamine groups is 1. The fourth-order valence-corrected chi connectivity index (χ4v) is 3.32. The van der Waals surface area contributed by atoms with Crippen LogP contribution in [0.2, 0.25) is 0 Å². The smallest absolute Gasteiger partial charge is 0.408 e. The SMILES string of the molecule is Cn1c(=O)oc2cc(S(=O)(=O)N3CCCO3)ccc21. The molecule has 0 saturated carbocycles. The monoisotopic (exact) mass is 284 g/mol. The maximum absolute atomic E-state index is 12.2. The average Bonchev–Trinajstić information content (AvgIpc) is 2.99. The van der Waals surface area contributed by atoms with Crippen LogP contribution in [0.25, 0.3) is 11.1 Å². The maximum Gasteiger partial charge on any atom is 0.419 e. The van der Waals surface area contributed by atoms with Gasteiger partial charge in [0.15, 0.2) is 5.58 Å². The zero-order valence-electron chi connectivity index (χ0n) is 10.2. The summed E-state index contributed by atoms with van der Waals surface area (Å²) in [6, 6.07) is 4.32. The van der Waals surface area contributed by atoms with E-state index in [1.807, 2.05) is 0 Å². The lowest BCUT2D eigenvalue weighted by Crippen LogP contribution is -2.26. The van der Waals surface area contributed by atoms with E-state index < -0.39 is 15.8 Å². The fraction of sp³-hybridized carbons (Fsp3) is 0.364. The van der Waals surface area contributed by atoms with Crippen LogP contribution in [0.1, 0.15) is 6.42 Å². The Balaban J connectivity index is 2.13. The molecule has 8 heteroatoms. The van der Waals surface area contributed by atoms with Crippen LogP contribution in [0.5, 0.6) is 0 Å². The minimum absolute atomic E-state index is 0.0521. The Morgan fingerprint density at radius 1 is 1.32 bits per heavy atom. The third-order valence-corrected chi connectivity index (χ3v) is 4.72. The number of aromatic nitrogens is 1. The molecule has 1 aliphatic rings. The summed E-state index contributed by atoms with van der Waals surface area (Å²) in [5.41, 5.74) is 0.791. The first-order valence-electron chi connectivity index (χ1n) is 5.75. The van der Waals surface area contributed by atoms with Crippen molar-refractivity contribution >= 4 is 21.1 Å². The summed E-state index contributed by atoms with van der Waals surface area (Å²) in [4.78, 5) is 16.5. The van der Waals surface area contributed by atoms with Gasteiger partial charge in [-0.05, 0) is 18.6 Å². The van der Waals surface area contributed by atoms with Gasteiger partial charge in [0.2, 0.25) is 0 Å². The lowest BCUT2D eigenvalue weighted by molar-refractivity contribution is -0.0284. The Labute approximate surface area is 109 Å². The molecule has 0 radical (unpaired) electrons. The molecule has 1 aromatic heterocycles. The van der Waals surface area contributed by atoms with Crippen molar-refractivity contribution in [3.8, 4) is 0 Å². The summed E-state index contributed by atoms with van der Waals surface area (Å²) in [5, 5.41) is 0. The van der Waals surface area contributed by atoms with Crippen molar-refractivity contribution in [3.05, 3.63) is 28.7 Å². The molecular weight excluding hydrogens is 272 g/mol. The summed E-state index contributed by atoms with van der Waals surface area (Å²) in [6.07, 6.45) is 0.669. The number of aryl methyl sites for hydroxylation is 1. The number of nitrogens with zero attached hydrogens (tertiary/aromatic N) is 2. The van der Waals surface area contributed by atoms with Gasteiger partial charge in [-0.2, -0.15) is 0 Å². The minimum atomic E-state index is -3.69. The van der Waals surface area contributed by atoms with Crippen LogP contribution in [0, 0.1) is 0 Å². The van der Waals surface area contributed by atoms with E-state index in [0.717, 1.165) is 4.47 Å². The highest BCUT2D eigenvalue weighted by Gasteiger charge is 2.29. The number of sulfonamides is 1. The number of benzene rings is 1. The summed E-state index contributed by atoms with van der Waals surface area (Å²) >= 11 is 0. The molecule has 102 valence electrons. The van der Waals surface area contributed by atoms with Crippen LogP contribution in [0.15, 0.2) is 32.3 Å². The zero-order chi connectivity index (χ0) is 13.6. The van der Waals surface area contributed by atoms with E-state index in [2.05, 4.69) is 0 Å². The summed E-state index contributed by atoms with van der Waals surface area (Å²) < 4.78 is 31.8. The molecule has 0 aliphatic carbocycles. The van der Waals surface area contributed by atoms with Crippen molar-refractivity contribution in [1.82, 2.24) is 9.04 Å². The lowest BCUT2D eigenvalue weighted by atomic mass is 10.3. The number of fused-ring (bicyclic) bond motifs is 1. The predicted molar refractivity (Wildman–Crippen MR) is 65.9 cm³/mol. The lowest BCUT2D eigenvalue weighted by Gasteiger charge is -2.13. The molecule has 1 aromatic carbocycles. The van der Waals surface area contributed by atoms with Crippen molar-refractivity contribution in [1.29, 1.82) is 0 Å². The average molecular weight is 284 g/mol. The van der Waals surface area contributed by atoms with Gasteiger partial charge in [-0.25, -0.2) is 13.2 Å². The fourth-order valence-electron chi connectivity index (χ4n) is 2.01. The third kappa shape index (κ3) is 1.88. The van der Waals surface area contributed by atoms with Gasteiger partial charge in [-0.15, -0.1) is 0 Å². The first-order valence-corrected chi connectivity index (χ1v) is 7.19. The molecule has 1 saturated heterocycles. The molecule has 1 fully saturated rings. The van der Waals surface area contributed by atoms with E-state index in [4.69, 9.17) is 9.25 Å². The molecule has 1 aliphatic heterocycles. The highest BCUT2D eigenvalue weighted by molar-refractivity contribution is 7.89. The van der Waals surface area contributed by atoms with E-state index in [-0.39, 0.29) is 10.5 Å². The van der Waals surface area contributed by atoms with Gasteiger partial charge in [0.1, 0.15) is 0 Å². The standard InChI is InChI=1S/C11H12N2O5S/c1-12-9-4-3-8(7-10(9)18-11(12)14)19(15,16)13-5-2-6-17-13/h3-4,7H,2,5-6H2,1H3. The van der Waals surface area contributed by atoms with Gasteiger partial charge in [0, 0.05) is 19.7 Å². The predicted octanol–water partition coefficient (Wildman–Crippen LogP) is 0.457. The van der Waals surface area contributed by atoms with Crippen LogP contribution >= 0.6 is 0 Å². The Morgan fingerprint density at radius 2 is 2.11 bits per heavy atom. The van der Waals surface area contributed by atoms with Crippen molar-refractivity contribution in [2.75, 3.05) is 13.2 Å². The van der Waals surface area contributed by atoms with Gasteiger partial charge >= 0.3 is 5.76 Å². The summed E-state index contributed by atoms with van der Waals surface area (Å²) in [7, 11) is -2.13. The molecule has 19 heavy (non-hydrogen) atoms. The number of hydrogen-bond donors (Lipinski definition) is 0. The van der Waals surface area contributed by atoms with Crippen molar-refractivity contribution in [2.24, 2.45) is 7.05 Å². The molecular formula is C11H12N2O5S. The molecule has 0 amide bonds. The van der Waals surface area contributed by atoms with Gasteiger partial charge in [0.25, 0.3) is 10.0 Å². The molecule has 0 spiro atoms. The van der Waals surface area contributed by atoms with Crippen molar-refractivity contribution in [2.45, 2.75) is 11.3 Å². The molecule has 0 N–H and O–H groups in total. The first kappa shape index (κ1) is 12.4. The third-order valence-electron chi connectivity index (χ3n) is 3.05. The van der Waals surface area contributed by atoms with E-state index in [1.54, 1.807) is 13.1 Å². The van der Waals surface area contributed by atoms with Crippen LogP contribution in [-0.4, -0.2) is 30.6 Å². The largest absolute Gasteiger partial charge is 0.419 e. The Bertz CT molecular complexity index is 783. The summed E-state index contributed by atoms with van der Waals surface area (Å²) in [5.74, 6) is -0.526. The Kier molecular flexibility index (Phi) is 2.73. The van der Waals surface area contributed by atoms with Crippen LogP contribution in [0.3, 0.4) is 0 Å². The minimum Gasteiger partial charge on any atom is -0.408 e. The van der Waals surface area contributed by atoms with E-state index in [9.17, 15) is 13.2 Å². The highest BCUT2D eigenvalue weighted by atomic mass is 32.2. The molecule has 7 nitrogen and oxygen atoms in total. The van der Waals surface area contributed by atoms with Crippen LogP contribution < -0.4 is 5.76 Å². The topological polar surface area (TPSA) is 81.8 Å². The molecule has 2 heterocycles. The normalized spacial score (nSPS) is 17.3. The zero-order valence-corrected chi connectivity index (χ0v) is 11.0. The molecule has 2 aromatic rings. The number of oxazole rings is 1. The Hall–Kier alpha value is -1.64. The van der Waals surface area contributed by atoms with Crippen LogP contribution in [-0.2, 0) is 21.9 Å². The number of hydrogen-bond acceptors (Lipinski definition) is 5. The van der Waals surface area contributed by atoms with Gasteiger partial charge in [0.05, 0.1) is 17.0 Å². The molecule has 0 unspecified atom stereocenters. The van der Waals surface area contributed by atoms with E-state index in [0.29, 0.717) is 25.1 Å². The second-order valence-corrected chi connectivity index (χ2v) is 6.10. The molecule has 0 bridgehead atoms. The Morgan fingerprint density at radius 3 is 2.79 bits per heavy atom. The maximum atomic E-state index is 12.2. The number of rotatable bonds is 2. The van der Waals surface area contributed by atoms with Gasteiger partial charge < -0.3 is 4.42 Å². The van der Waals surface area contributed by atoms with E-state index >= 15 is 0 Å². The van der Waals surface area contributed by atoms with Gasteiger partial charge in [-0.1, -0.05) is 4.47 Å². The van der Waals surface area contributed by atoms with Crippen molar-refractivity contribution < 1.29 is 17.7 Å².